The van der Waals surface area contributed by atoms with Gasteiger partial charge in [0.05, 0.1) is 18.3 Å². The predicted octanol–water partition coefficient (Wildman–Crippen LogP) is 2.91. The number of aryl methyl sites for hydroxylation is 2. The van der Waals surface area contributed by atoms with Crippen LogP contribution in [0.15, 0.2) is 36.4 Å². The van der Waals surface area contributed by atoms with Crippen LogP contribution in [0.25, 0.3) is 0 Å². The molecule has 2 aromatic rings. The van der Waals surface area contributed by atoms with Gasteiger partial charge in [-0.15, -0.1) is 0 Å². The number of hydrogen-bond donors (Lipinski definition) is 0. The van der Waals surface area contributed by atoms with Gasteiger partial charge in [0.25, 0.3) is 5.91 Å². The molecule has 1 aromatic heterocycles. The van der Waals surface area contributed by atoms with Crippen molar-refractivity contribution >= 4 is 5.91 Å². The van der Waals surface area contributed by atoms with E-state index in [0.29, 0.717) is 31.9 Å². The molecule has 1 fully saturated rings. The molecule has 1 aliphatic heterocycles. The summed E-state index contributed by atoms with van der Waals surface area (Å²) in [6, 6.07) is 11.5. The lowest BCUT2D eigenvalue weighted by atomic mass is 10.2. The van der Waals surface area contributed by atoms with Crippen molar-refractivity contribution in [3.63, 3.8) is 0 Å². The molecule has 6 heteroatoms. The molecule has 0 radical (unpaired) electrons. The predicted molar refractivity (Wildman–Crippen MR) is 99.5 cm³/mol. The van der Waals surface area contributed by atoms with Gasteiger partial charge in [-0.3, -0.25) is 9.48 Å². The Morgan fingerprint density at radius 1 is 1.38 bits per heavy atom. The minimum Gasteiger partial charge on any atom is -0.492 e. The molecule has 3 rings (SSSR count). The number of ether oxygens (including phenoxy) is 2. The second-order valence-electron chi connectivity index (χ2n) is 6.53. The summed E-state index contributed by atoms with van der Waals surface area (Å²) >= 11 is 0. The normalized spacial score (nSPS) is 16.6. The summed E-state index contributed by atoms with van der Waals surface area (Å²) < 4.78 is 13.3. The number of carbonyl (C=O) groups is 1. The molecule has 0 N–H and O–H groups in total. The van der Waals surface area contributed by atoms with Crippen molar-refractivity contribution < 1.29 is 14.3 Å². The van der Waals surface area contributed by atoms with Crippen LogP contribution in [0.5, 0.6) is 5.75 Å². The Hall–Kier alpha value is -2.34. The van der Waals surface area contributed by atoms with Crippen LogP contribution in [0.2, 0.25) is 0 Å². The number of nitrogens with zero attached hydrogens (tertiary/aromatic N) is 3. The van der Waals surface area contributed by atoms with Crippen LogP contribution in [-0.2, 0) is 11.3 Å². The molecule has 0 aliphatic carbocycles. The van der Waals surface area contributed by atoms with Crippen LogP contribution in [0.3, 0.4) is 0 Å². The summed E-state index contributed by atoms with van der Waals surface area (Å²) in [5.74, 6) is 0.797. The molecule has 1 saturated heterocycles. The van der Waals surface area contributed by atoms with E-state index in [9.17, 15) is 4.79 Å². The number of para-hydroxylation sites is 1. The van der Waals surface area contributed by atoms with Crippen LogP contribution in [-0.4, -0.2) is 53.0 Å². The number of hydrogen-bond acceptors (Lipinski definition) is 4. The van der Waals surface area contributed by atoms with Gasteiger partial charge in [-0.05, 0) is 44.9 Å². The first-order chi connectivity index (χ1) is 12.7. The van der Waals surface area contributed by atoms with Crippen molar-refractivity contribution in [1.29, 1.82) is 0 Å². The number of amides is 1. The van der Waals surface area contributed by atoms with Gasteiger partial charge in [-0.2, -0.15) is 5.10 Å². The smallest absolute Gasteiger partial charge is 0.272 e. The third-order valence-electron chi connectivity index (χ3n) is 4.53. The van der Waals surface area contributed by atoms with E-state index in [-0.39, 0.29) is 12.0 Å². The molecular formula is C20H27N3O3. The average molecular weight is 357 g/mol. The molecule has 6 nitrogen and oxygen atoms in total. The lowest BCUT2D eigenvalue weighted by molar-refractivity contribution is 0.0484. The summed E-state index contributed by atoms with van der Waals surface area (Å²) in [4.78, 5) is 15.0. The van der Waals surface area contributed by atoms with Gasteiger partial charge in [0.15, 0.2) is 0 Å². The molecule has 140 valence electrons. The summed E-state index contributed by atoms with van der Waals surface area (Å²) in [7, 11) is 0. The van der Waals surface area contributed by atoms with Crippen LogP contribution >= 0.6 is 0 Å². The van der Waals surface area contributed by atoms with Crippen LogP contribution < -0.4 is 4.74 Å². The highest BCUT2D eigenvalue weighted by Gasteiger charge is 2.25. The fourth-order valence-corrected chi connectivity index (χ4v) is 3.22. The molecule has 2 heterocycles. The molecule has 0 spiro atoms. The third-order valence-corrected chi connectivity index (χ3v) is 4.53. The van der Waals surface area contributed by atoms with Crippen LogP contribution in [0.1, 0.15) is 35.9 Å². The molecule has 26 heavy (non-hydrogen) atoms. The Bertz CT molecular complexity index is 708. The van der Waals surface area contributed by atoms with Gasteiger partial charge >= 0.3 is 0 Å². The number of benzene rings is 1. The molecule has 1 aliphatic rings. The second kappa shape index (κ2) is 8.85. The van der Waals surface area contributed by atoms with Gasteiger partial charge in [0, 0.05) is 19.7 Å². The van der Waals surface area contributed by atoms with Gasteiger partial charge in [0.2, 0.25) is 0 Å². The first-order valence-corrected chi connectivity index (χ1v) is 9.30. The maximum Gasteiger partial charge on any atom is 0.272 e. The number of aromatic nitrogens is 2. The minimum atomic E-state index is -0.0142. The van der Waals surface area contributed by atoms with E-state index >= 15 is 0 Å². The molecule has 1 unspecified atom stereocenters. The van der Waals surface area contributed by atoms with Crippen molar-refractivity contribution in [3.05, 3.63) is 47.8 Å². The summed E-state index contributed by atoms with van der Waals surface area (Å²) in [6.45, 7) is 6.90. The molecule has 1 amide bonds. The zero-order chi connectivity index (χ0) is 18.4. The highest BCUT2D eigenvalue weighted by Crippen LogP contribution is 2.16. The van der Waals surface area contributed by atoms with Crippen LogP contribution in [0, 0.1) is 6.92 Å². The Morgan fingerprint density at radius 2 is 2.19 bits per heavy atom. The Kier molecular flexibility index (Phi) is 6.28. The highest BCUT2D eigenvalue weighted by molar-refractivity contribution is 5.92. The van der Waals surface area contributed by atoms with Gasteiger partial charge < -0.3 is 14.4 Å². The van der Waals surface area contributed by atoms with E-state index < -0.39 is 0 Å². The summed E-state index contributed by atoms with van der Waals surface area (Å²) in [5, 5.41) is 4.40. The van der Waals surface area contributed by atoms with Crippen molar-refractivity contribution in [2.45, 2.75) is 39.3 Å². The SMILES string of the molecule is CCn1nc(C)cc1C(=O)N(CCOc1ccccc1)CC1CCCO1. The third kappa shape index (κ3) is 4.64. The van der Waals surface area contributed by atoms with Crippen molar-refractivity contribution in [2.75, 3.05) is 26.3 Å². The average Bonchev–Trinajstić information content (AvgIpc) is 3.30. The minimum absolute atomic E-state index is 0.0142. The first kappa shape index (κ1) is 18.5. The quantitative estimate of drug-likeness (QED) is 0.729. The number of carbonyl (C=O) groups excluding carboxylic acids is 1. The van der Waals surface area contributed by atoms with E-state index in [1.807, 2.05) is 55.1 Å². The first-order valence-electron chi connectivity index (χ1n) is 9.30. The molecular weight excluding hydrogens is 330 g/mol. The zero-order valence-corrected chi connectivity index (χ0v) is 15.6. The lowest BCUT2D eigenvalue weighted by Gasteiger charge is -2.25. The monoisotopic (exact) mass is 357 g/mol. The molecule has 0 saturated carbocycles. The van der Waals surface area contributed by atoms with Gasteiger partial charge in [-0.25, -0.2) is 0 Å². The Balaban J connectivity index is 1.68. The molecule has 1 aromatic carbocycles. The van der Waals surface area contributed by atoms with E-state index in [2.05, 4.69) is 5.10 Å². The van der Waals surface area contributed by atoms with Crippen LogP contribution in [0.4, 0.5) is 0 Å². The Morgan fingerprint density at radius 3 is 2.88 bits per heavy atom. The van der Waals surface area contributed by atoms with E-state index in [1.54, 1.807) is 4.68 Å². The van der Waals surface area contributed by atoms with Crippen molar-refractivity contribution in [2.24, 2.45) is 0 Å². The zero-order valence-electron chi connectivity index (χ0n) is 15.6. The summed E-state index contributed by atoms with van der Waals surface area (Å²) in [5.41, 5.74) is 1.48. The standard InChI is InChI=1S/C20H27N3O3/c1-3-23-19(14-16(2)21-23)20(24)22(15-18-10-7-12-25-18)11-13-26-17-8-5-4-6-9-17/h4-6,8-9,14,18H,3,7,10-13,15H2,1-2H3. The van der Waals surface area contributed by atoms with E-state index in [1.165, 1.54) is 0 Å². The maximum atomic E-state index is 13.1. The molecule has 0 bridgehead atoms. The topological polar surface area (TPSA) is 56.6 Å². The van der Waals surface area contributed by atoms with E-state index in [4.69, 9.17) is 9.47 Å². The fraction of sp³-hybridized carbons (Fsp3) is 0.500. The largest absolute Gasteiger partial charge is 0.492 e. The van der Waals surface area contributed by atoms with E-state index in [0.717, 1.165) is 30.9 Å². The highest BCUT2D eigenvalue weighted by atomic mass is 16.5. The maximum absolute atomic E-state index is 13.1. The number of rotatable bonds is 8. The molecule has 1 atom stereocenters. The Labute approximate surface area is 154 Å². The second-order valence-corrected chi connectivity index (χ2v) is 6.53. The van der Waals surface area contributed by atoms with Crippen molar-refractivity contribution in [1.82, 2.24) is 14.7 Å². The van der Waals surface area contributed by atoms with Gasteiger partial charge in [0.1, 0.15) is 18.1 Å². The van der Waals surface area contributed by atoms with Crippen molar-refractivity contribution in [3.8, 4) is 5.75 Å². The van der Waals surface area contributed by atoms with Gasteiger partial charge in [-0.1, -0.05) is 18.2 Å². The fourth-order valence-electron chi connectivity index (χ4n) is 3.22. The summed E-state index contributed by atoms with van der Waals surface area (Å²) in [6.07, 6.45) is 2.16. The lowest BCUT2D eigenvalue weighted by Crippen LogP contribution is -2.40.